The number of rotatable bonds is 6. The van der Waals surface area contributed by atoms with Crippen LogP contribution in [0.25, 0.3) is 0 Å². The first-order chi connectivity index (χ1) is 12.8. The minimum atomic E-state index is -0.289. The molecule has 0 radical (unpaired) electrons. The van der Waals surface area contributed by atoms with Crippen molar-refractivity contribution in [3.05, 3.63) is 29.8 Å². The van der Waals surface area contributed by atoms with E-state index in [9.17, 15) is 4.79 Å². The SMILES string of the molecule is CC(C)(C)C(=O)CN1CC2CN(CCOc3ccc(C#N)cc3)CC(C1)O2. The molecule has 6 heteroatoms. The molecule has 0 N–H and O–H groups in total. The van der Waals surface area contributed by atoms with Crippen LogP contribution in [0.15, 0.2) is 24.3 Å². The molecular weight excluding hydrogens is 342 g/mol. The Balaban J connectivity index is 1.43. The lowest BCUT2D eigenvalue weighted by Crippen LogP contribution is -2.60. The minimum absolute atomic E-state index is 0.153. The third kappa shape index (κ3) is 5.52. The molecule has 0 saturated carbocycles. The number of hydrogen-bond donors (Lipinski definition) is 0. The molecule has 2 aliphatic heterocycles. The number of hydrogen-bond acceptors (Lipinski definition) is 6. The van der Waals surface area contributed by atoms with Gasteiger partial charge in [0.2, 0.25) is 0 Å². The highest BCUT2D eigenvalue weighted by atomic mass is 16.5. The fraction of sp³-hybridized carbons (Fsp3) is 0.619. The molecular formula is C21H29N3O3. The van der Waals surface area contributed by atoms with Crippen LogP contribution in [-0.4, -0.2) is 73.7 Å². The molecule has 2 unspecified atom stereocenters. The van der Waals surface area contributed by atoms with E-state index in [1.54, 1.807) is 12.1 Å². The number of nitrogens with zero attached hydrogens (tertiary/aromatic N) is 3. The standard InChI is InChI=1S/C21H29N3O3/c1-21(2,3)20(25)15-24-13-18-11-23(12-19(14-24)27-18)8-9-26-17-6-4-16(10-22)5-7-17/h4-7,18-19H,8-9,11-15H2,1-3H3. The Kier molecular flexibility index (Phi) is 6.15. The van der Waals surface area contributed by atoms with Crippen LogP contribution in [-0.2, 0) is 9.53 Å². The molecule has 2 heterocycles. The van der Waals surface area contributed by atoms with Gasteiger partial charge in [-0.05, 0) is 24.3 Å². The predicted octanol–water partition coefficient (Wildman–Crippen LogP) is 1.94. The molecule has 146 valence electrons. The third-order valence-electron chi connectivity index (χ3n) is 5.10. The fourth-order valence-corrected chi connectivity index (χ4v) is 3.53. The summed E-state index contributed by atoms with van der Waals surface area (Å²) in [6, 6.07) is 9.30. The maximum Gasteiger partial charge on any atom is 0.152 e. The summed E-state index contributed by atoms with van der Waals surface area (Å²) in [6.07, 6.45) is 0.306. The monoisotopic (exact) mass is 371 g/mol. The van der Waals surface area contributed by atoms with Crippen LogP contribution >= 0.6 is 0 Å². The average molecular weight is 371 g/mol. The van der Waals surface area contributed by atoms with Gasteiger partial charge in [0.1, 0.15) is 12.4 Å². The number of morpholine rings is 2. The van der Waals surface area contributed by atoms with Crippen molar-refractivity contribution < 1.29 is 14.3 Å². The molecule has 2 atom stereocenters. The molecule has 0 amide bonds. The van der Waals surface area contributed by atoms with E-state index in [1.165, 1.54) is 0 Å². The molecule has 0 aromatic heterocycles. The summed E-state index contributed by atoms with van der Waals surface area (Å²) < 4.78 is 11.9. The summed E-state index contributed by atoms with van der Waals surface area (Å²) in [5.41, 5.74) is 0.347. The highest BCUT2D eigenvalue weighted by Gasteiger charge is 2.36. The molecule has 3 rings (SSSR count). The predicted molar refractivity (Wildman–Crippen MR) is 103 cm³/mol. The lowest BCUT2D eigenvalue weighted by atomic mass is 9.90. The number of fused-ring (bicyclic) bond motifs is 2. The number of benzene rings is 1. The highest BCUT2D eigenvalue weighted by Crippen LogP contribution is 2.21. The number of ether oxygens (including phenoxy) is 2. The molecule has 2 fully saturated rings. The van der Waals surface area contributed by atoms with Crippen molar-refractivity contribution in [3.63, 3.8) is 0 Å². The normalized spacial score (nSPS) is 23.6. The van der Waals surface area contributed by atoms with Crippen molar-refractivity contribution in [3.8, 4) is 11.8 Å². The minimum Gasteiger partial charge on any atom is -0.492 e. The van der Waals surface area contributed by atoms with Crippen LogP contribution in [0.4, 0.5) is 0 Å². The first-order valence-corrected chi connectivity index (χ1v) is 9.60. The van der Waals surface area contributed by atoms with E-state index < -0.39 is 0 Å². The smallest absolute Gasteiger partial charge is 0.152 e. The van der Waals surface area contributed by atoms with Crippen molar-refractivity contribution in [1.82, 2.24) is 9.80 Å². The molecule has 6 nitrogen and oxygen atoms in total. The maximum absolute atomic E-state index is 12.3. The van der Waals surface area contributed by atoms with Gasteiger partial charge in [0.25, 0.3) is 0 Å². The van der Waals surface area contributed by atoms with E-state index in [1.807, 2.05) is 32.9 Å². The fourth-order valence-electron chi connectivity index (χ4n) is 3.53. The van der Waals surface area contributed by atoms with Crippen LogP contribution in [0.5, 0.6) is 5.75 Å². The van der Waals surface area contributed by atoms with Gasteiger partial charge in [0.05, 0.1) is 30.4 Å². The van der Waals surface area contributed by atoms with Crippen molar-refractivity contribution >= 4 is 5.78 Å². The second-order valence-corrected chi connectivity index (χ2v) is 8.49. The van der Waals surface area contributed by atoms with Gasteiger partial charge >= 0.3 is 0 Å². The Labute approximate surface area is 161 Å². The molecule has 2 bridgehead atoms. The molecule has 0 spiro atoms. The topological polar surface area (TPSA) is 65.8 Å². The molecule has 2 aliphatic rings. The lowest BCUT2D eigenvalue weighted by molar-refractivity contribution is -0.147. The number of ketones is 1. The van der Waals surface area contributed by atoms with Crippen molar-refractivity contribution in [2.45, 2.75) is 33.0 Å². The molecule has 1 aromatic rings. The third-order valence-corrected chi connectivity index (χ3v) is 5.10. The number of Topliss-reactive ketones (excluding diaryl/α,β-unsaturated/α-hetero) is 1. The zero-order valence-electron chi connectivity index (χ0n) is 16.5. The van der Waals surface area contributed by atoms with E-state index >= 15 is 0 Å². The van der Waals surface area contributed by atoms with Gasteiger partial charge in [0, 0.05) is 38.1 Å². The summed E-state index contributed by atoms with van der Waals surface area (Å²) in [4.78, 5) is 16.9. The number of carbonyl (C=O) groups is 1. The zero-order valence-corrected chi connectivity index (χ0v) is 16.5. The first-order valence-electron chi connectivity index (χ1n) is 9.60. The molecule has 0 aliphatic carbocycles. The van der Waals surface area contributed by atoms with Crippen LogP contribution in [0.3, 0.4) is 0 Å². The van der Waals surface area contributed by atoms with Gasteiger partial charge in [0.15, 0.2) is 5.78 Å². The van der Waals surface area contributed by atoms with Gasteiger partial charge < -0.3 is 9.47 Å². The van der Waals surface area contributed by atoms with Gasteiger partial charge in [-0.15, -0.1) is 0 Å². The van der Waals surface area contributed by atoms with E-state index in [-0.39, 0.29) is 23.4 Å². The molecule has 2 saturated heterocycles. The van der Waals surface area contributed by atoms with Gasteiger partial charge in [-0.25, -0.2) is 0 Å². The second-order valence-electron chi connectivity index (χ2n) is 8.49. The van der Waals surface area contributed by atoms with E-state index in [0.29, 0.717) is 18.7 Å². The van der Waals surface area contributed by atoms with E-state index in [0.717, 1.165) is 38.5 Å². The van der Waals surface area contributed by atoms with Gasteiger partial charge in [-0.1, -0.05) is 20.8 Å². The quantitative estimate of drug-likeness (QED) is 0.761. The lowest BCUT2D eigenvalue weighted by Gasteiger charge is -2.46. The zero-order chi connectivity index (χ0) is 19.4. The molecule has 1 aromatic carbocycles. The summed E-state index contributed by atoms with van der Waals surface area (Å²) in [5.74, 6) is 1.07. The van der Waals surface area contributed by atoms with Crippen LogP contribution in [0.2, 0.25) is 0 Å². The van der Waals surface area contributed by atoms with Crippen LogP contribution in [0, 0.1) is 16.7 Å². The Morgan fingerprint density at radius 3 is 2.30 bits per heavy atom. The van der Waals surface area contributed by atoms with Crippen LogP contribution in [0.1, 0.15) is 26.3 Å². The Hall–Kier alpha value is -1.94. The molecule has 27 heavy (non-hydrogen) atoms. The van der Waals surface area contributed by atoms with Gasteiger partial charge in [-0.3, -0.25) is 14.6 Å². The second kappa shape index (κ2) is 8.39. The van der Waals surface area contributed by atoms with Crippen molar-refractivity contribution in [2.75, 3.05) is 45.9 Å². The van der Waals surface area contributed by atoms with Crippen molar-refractivity contribution in [1.29, 1.82) is 5.26 Å². The Bertz CT molecular complexity index is 676. The maximum atomic E-state index is 12.3. The highest BCUT2D eigenvalue weighted by molar-refractivity contribution is 5.85. The largest absolute Gasteiger partial charge is 0.492 e. The Morgan fingerprint density at radius 2 is 1.74 bits per heavy atom. The van der Waals surface area contributed by atoms with E-state index in [2.05, 4.69) is 15.9 Å². The first kappa shape index (κ1) is 19.8. The summed E-state index contributed by atoms with van der Waals surface area (Å²) in [7, 11) is 0. The number of nitriles is 1. The van der Waals surface area contributed by atoms with Gasteiger partial charge in [-0.2, -0.15) is 5.26 Å². The summed E-state index contributed by atoms with van der Waals surface area (Å²) >= 11 is 0. The van der Waals surface area contributed by atoms with Crippen molar-refractivity contribution in [2.24, 2.45) is 5.41 Å². The Morgan fingerprint density at radius 1 is 1.15 bits per heavy atom. The summed E-state index contributed by atoms with van der Waals surface area (Å²) in [6.45, 7) is 11.3. The van der Waals surface area contributed by atoms with E-state index in [4.69, 9.17) is 14.7 Å². The number of carbonyl (C=O) groups excluding carboxylic acids is 1. The summed E-state index contributed by atoms with van der Waals surface area (Å²) in [5, 5.41) is 8.83. The average Bonchev–Trinajstić information content (AvgIpc) is 2.61. The van der Waals surface area contributed by atoms with Crippen LogP contribution < -0.4 is 4.74 Å².